The maximum Gasteiger partial charge on any atom is 0.393 e. The number of piperidine rings is 1. The summed E-state index contributed by atoms with van der Waals surface area (Å²) in [7, 11) is 0. The summed E-state index contributed by atoms with van der Waals surface area (Å²) in [4.78, 5) is 13.4. The van der Waals surface area contributed by atoms with E-state index in [1.54, 1.807) is 12.1 Å². The second-order valence-corrected chi connectivity index (χ2v) is 5.63. The van der Waals surface area contributed by atoms with Gasteiger partial charge in [0.15, 0.2) is 0 Å². The summed E-state index contributed by atoms with van der Waals surface area (Å²) in [6.45, 7) is 3.91. The van der Waals surface area contributed by atoms with Crippen LogP contribution in [0.2, 0.25) is 0 Å². The van der Waals surface area contributed by atoms with Gasteiger partial charge in [0.05, 0.1) is 5.92 Å². The molecule has 0 aliphatic carbocycles. The number of hydrogen-bond donors (Lipinski definition) is 1. The number of rotatable bonds is 1. The molecule has 1 aromatic rings. The summed E-state index contributed by atoms with van der Waals surface area (Å²) >= 11 is 0. The van der Waals surface area contributed by atoms with Crippen LogP contribution in [-0.2, 0) is 0 Å². The smallest absolute Gasteiger partial charge is 0.324 e. The van der Waals surface area contributed by atoms with E-state index in [9.17, 15) is 18.0 Å². The van der Waals surface area contributed by atoms with Gasteiger partial charge >= 0.3 is 12.2 Å². The summed E-state index contributed by atoms with van der Waals surface area (Å²) < 4.78 is 38.3. The van der Waals surface area contributed by atoms with Crippen LogP contribution in [0, 0.1) is 19.8 Å². The number of carbonyl (C=O) groups is 1. The van der Waals surface area contributed by atoms with Gasteiger partial charge in [-0.3, -0.25) is 0 Å². The summed E-state index contributed by atoms with van der Waals surface area (Å²) in [5.74, 6) is -1.42. The second kappa shape index (κ2) is 5.95. The first kappa shape index (κ1) is 15.7. The molecule has 1 saturated heterocycles. The summed E-state index contributed by atoms with van der Waals surface area (Å²) in [6.07, 6.45) is -3.76. The molecule has 0 aromatic heterocycles. The molecule has 3 nitrogen and oxygen atoms in total. The first-order valence-corrected chi connectivity index (χ1v) is 6.96. The minimum absolute atomic E-state index is 0.0941. The van der Waals surface area contributed by atoms with Gasteiger partial charge in [-0.25, -0.2) is 4.79 Å². The molecule has 1 aliphatic rings. The van der Waals surface area contributed by atoms with Gasteiger partial charge in [-0.15, -0.1) is 0 Å². The number of nitrogens with one attached hydrogen (secondary N) is 1. The van der Waals surface area contributed by atoms with E-state index in [0.29, 0.717) is 18.7 Å². The minimum Gasteiger partial charge on any atom is -0.324 e. The molecule has 0 unspecified atom stereocenters. The van der Waals surface area contributed by atoms with Crippen LogP contribution in [0.15, 0.2) is 18.2 Å². The quantitative estimate of drug-likeness (QED) is 0.831. The van der Waals surface area contributed by atoms with Crippen LogP contribution in [0.4, 0.5) is 23.7 Å². The molecule has 1 aromatic carbocycles. The van der Waals surface area contributed by atoms with Gasteiger partial charge in [-0.2, -0.15) is 13.2 Å². The summed E-state index contributed by atoms with van der Waals surface area (Å²) in [5, 5.41) is 2.68. The molecule has 1 aliphatic heterocycles. The molecule has 1 fully saturated rings. The number of carbonyl (C=O) groups excluding carboxylic acids is 1. The Kier molecular flexibility index (Phi) is 4.44. The number of alkyl halides is 3. The van der Waals surface area contributed by atoms with E-state index in [-0.39, 0.29) is 13.0 Å². The Labute approximate surface area is 122 Å². The topological polar surface area (TPSA) is 32.3 Å². The van der Waals surface area contributed by atoms with Crippen LogP contribution < -0.4 is 5.32 Å². The van der Waals surface area contributed by atoms with Gasteiger partial charge < -0.3 is 10.2 Å². The van der Waals surface area contributed by atoms with Crippen molar-refractivity contribution in [1.82, 2.24) is 4.90 Å². The molecule has 0 spiro atoms. The molecule has 0 saturated carbocycles. The van der Waals surface area contributed by atoms with E-state index >= 15 is 0 Å². The van der Waals surface area contributed by atoms with Gasteiger partial charge in [0.1, 0.15) is 0 Å². The summed E-state index contributed by atoms with van der Waals surface area (Å²) in [5.41, 5.74) is 2.61. The van der Waals surface area contributed by atoms with Crippen LogP contribution in [0.3, 0.4) is 0 Å². The molecule has 1 heterocycles. The van der Waals surface area contributed by atoms with Crippen molar-refractivity contribution in [2.75, 3.05) is 18.4 Å². The first-order valence-electron chi connectivity index (χ1n) is 6.96. The maximum absolute atomic E-state index is 12.8. The highest BCUT2D eigenvalue weighted by atomic mass is 19.4. The Hall–Kier alpha value is -1.72. The highest BCUT2D eigenvalue weighted by Crippen LogP contribution is 2.33. The van der Waals surface area contributed by atoms with Crippen LogP contribution in [-0.4, -0.2) is 30.2 Å². The van der Waals surface area contributed by atoms with Gasteiger partial charge in [-0.05, 0) is 49.9 Å². The Morgan fingerprint density at radius 1 is 1.24 bits per heavy atom. The molecule has 0 bridgehead atoms. The molecule has 21 heavy (non-hydrogen) atoms. The number of halogens is 3. The number of amides is 2. The Balaban J connectivity index is 2.03. The maximum atomic E-state index is 12.8. The number of likely N-dealkylation sites (tertiary alicyclic amines) is 1. The van der Waals surface area contributed by atoms with Gasteiger partial charge in [0, 0.05) is 18.8 Å². The molecule has 1 N–H and O–H groups in total. The largest absolute Gasteiger partial charge is 0.393 e. The van der Waals surface area contributed by atoms with E-state index in [0.717, 1.165) is 11.1 Å². The van der Waals surface area contributed by atoms with Crippen molar-refractivity contribution in [2.24, 2.45) is 5.92 Å². The van der Waals surface area contributed by atoms with Crippen LogP contribution >= 0.6 is 0 Å². The van der Waals surface area contributed by atoms with Gasteiger partial charge in [0.2, 0.25) is 0 Å². The van der Waals surface area contributed by atoms with Crippen molar-refractivity contribution >= 4 is 11.7 Å². The molecular formula is C15H19F3N2O. The fraction of sp³-hybridized carbons (Fsp3) is 0.533. The SMILES string of the molecule is Cc1cc(C)cc(NC(=O)N2CCC[C@@H](C(F)(F)F)C2)c1. The van der Waals surface area contributed by atoms with E-state index in [4.69, 9.17) is 0 Å². The molecule has 0 radical (unpaired) electrons. The van der Waals surface area contributed by atoms with Gasteiger partial charge in [-0.1, -0.05) is 6.07 Å². The Morgan fingerprint density at radius 3 is 2.43 bits per heavy atom. The molecule has 2 amide bonds. The average Bonchev–Trinajstić information content (AvgIpc) is 2.36. The van der Waals surface area contributed by atoms with Gasteiger partial charge in [0.25, 0.3) is 0 Å². The number of urea groups is 1. The third kappa shape index (κ3) is 4.12. The van der Waals surface area contributed by atoms with Crippen molar-refractivity contribution in [2.45, 2.75) is 32.9 Å². The number of anilines is 1. The fourth-order valence-electron chi connectivity index (χ4n) is 2.68. The molecule has 1 atom stereocenters. The number of hydrogen-bond acceptors (Lipinski definition) is 1. The average molecular weight is 300 g/mol. The van der Waals surface area contributed by atoms with Crippen molar-refractivity contribution in [3.05, 3.63) is 29.3 Å². The van der Waals surface area contributed by atoms with Crippen molar-refractivity contribution < 1.29 is 18.0 Å². The Bertz CT molecular complexity index is 508. The van der Waals surface area contributed by atoms with Crippen LogP contribution in [0.25, 0.3) is 0 Å². The lowest BCUT2D eigenvalue weighted by atomic mass is 9.98. The summed E-state index contributed by atoms with van der Waals surface area (Å²) in [6, 6.07) is 5.11. The third-order valence-electron chi connectivity index (χ3n) is 3.64. The van der Waals surface area contributed by atoms with E-state index in [1.165, 1.54) is 4.90 Å². The van der Waals surface area contributed by atoms with E-state index in [2.05, 4.69) is 5.32 Å². The zero-order valence-corrected chi connectivity index (χ0v) is 12.1. The lowest BCUT2D eigenvalue weighted by molar-refractivity contribution is -0.183. The zero-order valence-electron chi connectivity index (χ0n) is 12.1. The monoisotopic (exact) mass is 300 g/mol. The predicted octanol–water partition coefficient (Wildman–Crippen LogP) is 4.11. The zero-order chi connectivity index (χ0) is 15.6. The number of aryl methyl sites for hydroxylation is 2. The second-order valence-electron chi connectivity index (χ2n) is 5.63. The fourth-order valence-corrected chi connectivity index (χ4v) is 2.68. The Morgan fingerprint density at radius 2 is 1.86 bits per heavy atom. The first-order chi connectivity index (χ1) is 9.75. The molecule has 2 rings (SSSR count). The predicted molar refractivity (Wildman–Crippen MR) is 75.3 cm³/mol. The third-order valence-corrected chi connectivity index (χ3v) is 3.64. The highest BCUT2D eigenvalue weighted by Gasteiger charge is 2.42. The molecule has 116 valence electrons. The highest BCUT2D eigenvalue weighted by molar-refractivity contribution is 5.89. The number of benzene rings is 1. The van der Waals surface area contributed by atoms with Crippen molar-refractivity contribution in [1.29, 1.82) is 0 Å². The minimum atomic E-state index is -4.24. The van der Waals surface area contributed by atoms with E-state index < -0.39 is 18.1 Å². The van der Waals surface area contributed by atoms with Crippen molar-refractivity contribution in [3.8, 4) is 0 Å². The van der Waals surface area contributed by atoms with Crippen molar-refractivity contribution in [3.63, 3.8) is 0 Å². The molecule has 6 heteroatoms. The van der Waals surface area contributed by atoms with E-state index in [1.807, 2.05) is 19.9 Å². The number of nitrogens with zero attached hydrogens (tertiary/aromatic N) is 1. The normalized spacial score (nSPS) is 19.5. The lowest BCUT2D eigenvalue weighted by Gasteiger charge is -2.33. The lowest BCUT2D eigenvalue weighted by Crippen LogP contribution is -2.46. The van der Waals surface area contributed by atoms with Crippen LogP contribution in [0.5, 0.6) is 0 Å². The van der Waals surface area contributed by atoms with Crippen LogP contribution in [0.1, 0.15) is 24.0 Å². The standard InChI is InChI=1S/C15H19F3N2O/c1-10-6-11(2)8-13(7-10)19-14(21)20-5-3-4-12(9-20)15(16,17)18/h6-8,12H,3-5,9H2,1-2H3,(H,19,21)/t12-/m1/s1. The molecular weight excluding hydrogens is 281 g/mol.